The number of nitrogens with one attached hydrogen (secondary N) is 1. The first-order valence-corrected chi connectivity index (χ1v) is 11.1. The lowest BCUT2D eigenvalue weighted by Crippen LogP contribution is -2.27. The van der Waals surface area contributed by atoms with E-state index >= 15 is 0 Å². The van der Waals surface area contributed by atoms with Crippen LogP contribution >= 0.6 is 11.6 Å². The fourth-order valence-electron chi connectivity index (χ4n) is 3.40. The molecule has 0 fully saturated rings. The largest absolute Gasteiger partial charge is 0.349 e. The van der Waals surface area contributed by atoms with Crippen molar-refractivity contribution < 1.29 is 13.2 Å². The third kappa shape index (κ3) is 3.72. The van der Waals surface area contributed by atoms with Gasteiger partial charge in [-0.05, 0) is 35.9 Å². The molecule has 0 bridgehead atoms. The molecule has 0 unspecified atom stereocenters. The molecule has 0 saturated carbocycles. The summed E-state index contributed by atoms with van der Waals surface area (Å²) in [4.78, 5) is 17.9. The number of carbonyl (C=O) groups is 1. The Bertz CT molecular complexity index is 1310. The number of rotatable bonds is 5. The lowest BCUT2D eigenvalue weighted by Gasteiger charge is -2.17. The number of aromatic nitrogens is 1. The highest BCUT2D eigenvalue weighted by molar-refractivity contribution is 7.91. The van der Waals surface area contributed by atoms with Crippen molar-refractivity contribution in [3.05, 3.63) is 95.1 Å². The highest BCUT2D eigenvalue weighted by Gasteiger charge is 2.30. The Morgan fingerprint density at radius 3 is 2.27 bits per heavy atom. The maximum atomic E-state index is 13.5. The summed E-state index contributed by atoms with van der Waals surface area (Å²) in [5.74, 6) is -0.400. The van der Waals surface area contributed by atoms with Crippen LogP contribution in [0.5, 0.6) is 0 Å². The number of benzene rings is 3. The SMILES string of the molecule is CN(Cc1ccccc1)C(=O)c1[nH]c2ccccc2c1S(=O)(=O)c1ccc(Cl)cc1. The number of hydrogen-bond acceptors (Lipinski definition) is 3. The van der Waals surface area contributed by atoms with E-state index in [0.29, 0.717) is 22.5 Å². The molecule has 7 heteroatoms. The van der Waals surface area contributed by atoms with Crippen LogP contribution in [-0.4, -0.2) is 31.3 Å². The molecule has 0 aliphatic carbocycles. The number of hydrogen-bond donors (Lipinski definition) is 1. The first-order valence-electron chi connectivity index (χ1n) is 9.28. The van der Waals surface area contributed by atoms with Gasteiger partial charge in [-0.3, -0.25) is 4.79 Å². The molecule has 0 radical (unpaired) electrons. The van der Waals surface area contributed by atoms with Crippen LogP contribution in [0.1, 0.15) is 16.1 Å². The average molecular weight is 439 g/mol. The van der Waals surface area contributed by atoms with Crippen LogP contribution < -0.4 is 0 Å². The van der Waals surface area contributed by atoms with Crippen molar-refractivity contribution in [3.63, 3.8) is 0 Å². The summed E-state index contributed by atoms with van der Waals surface area (Å²) < 4.78 is 27.0. The Hall–Kier alpha value is -3.09. The van der Waals surface area contributed by atoms with E-state index in [-0.39, 0.29) is 15.5 Å². The standard InChI is InChI=1S/C23H19ClN2O3S/c1-26(15-16-7-3-2-4-8-16)23(27)21-22(19-9-5-6-10-20(19)25-21)30(28,29)18-13-11-17(24)12-14-18/h2-14,25H,15H2,1H3. The van der Waals surface area contributed by atoms with Gasteiger partial charge in [0, 0.05) is 29.5 Å². The topological polar surface area (TPSA) is 70.2 Å². The number of para-hydroxylation sites is 1. The number of H-pyrrole nitrogens is 1. The van der Waals surface area contributed by atoms with E-state index in [1.165, 1.54) is 29.2 Å². The molecule has 3 aromatic carbocycles. The summed E-state index contributed by atoms with van der Waals surface area (Å²) in [7, 11) is -2.31. The van der Waals surface area contributed by atoms with E-state index in [1.807, 2.05) is 30.3 Å². The number of aromatic amines is 1. The van der Waals surface area contributed by atoms with Crippen LogP contribution in [0.3, 0.4) is 0 Å². The molecule has 0 saturated heterocycles. The van der Waals surface area contributed by atoms with Gasteiger partial charge in [-0.2, -0.15) is 0 Å². The Labute approximate surface area is 179 Å². The molecular formula is C23H19ClN2O3S. The third-order valence-corrected chi connectivity index (χ3v) is 6.98. The highest BCUT2D eigenvalue weighted by atomic mass is 35.5. The third-order valence-electron chi connectivity index (χ3n) is 4.87. The van der Waals surface area contributed by atoms with Crippen LogP contribution in [0, 0.1) is 0 Å². The summed E-state index contributed by atoms with van der Waals surface area (Å²) >= 11 is 5.92. The van der Waals surface area contributed by atoms with Crippen molar-refractivity contribution in [1.82, 2.24) is 9.88 Å². The summed E-state index contributed by atoms with van der Waals surface area (Å²) in [6, 6.07) is 22.5. The molecule has 30 heavy (non-hydrogen) atoms. The van der Waals surface area contributed by atoms with Gasteiger partial charge >= 0.3 is 0 Å². The molecule has 4 aromatic rings. The first kappa shape index (κ1) is 20.2. The molecule has 0 atom stereocenters. The minimum atomic E-state index is -3.96. The average Bonchev–Trinajstić information content (AvgIpc) is 3.14. The van der Waals surface area contributed by atoms with E-state index in [9.17, 15) is 13.2 Å². The van der Waals surface area contributed by atoms with Crippen molar-refractivity contribution in [2.75, 3.05) is 7.05 Å². The zero-order valence-corrected chi connectivity index (χ0v) is 17.7. The maximum Gasteiger partial charge on any atom is 0.271 e. The molecule has 152 valence electrons. The van der Waals surface area contributed by atoms with Crippen LogP contribution in [-0.2, 0) is 16.4 Å². The summed E-state index contributed by atoms with van der Waals surface area (Å²) in [5, 5.41) is 0.913. The lowest BCUT2D eigenvalue weighted by molar-refractivity contribution is 0.0776. The predicted octanol–water partition coefficient (Wildman–Crippen LogP) is 4.93. The van der Waals surface area contributed by atoms with Crippen molar-refractivity contribution in [2.24, 2.45) is 0 Å². The van der Waals surface area contributed by atoms with Crippen molar-refractivity contribution >= 4 is 38.2 Å². The Kier molecular flexibility index (Phi) is 5.37. The van der Waals surface area contributed by atoms with E-state index in [4.69, 9.17) is 11.6 Å². The summed E-state index contributed by atoms with van der Waals surface area (Å²) in [6.07, 6.45) is 0. The fourth-order valence-corrected chi connectivity index (χ4v) is 5.13. The first-order chi connectivity index (χ1) is 14.4. The van der Waals surface area contributed by atoms with Crippen molar-refractivity contribution in [2.45, 2.75) is 16.3 Å². The maximum absolute atomic E-state index is 13.5. The molecule has 1 aromatic heterocycles. The Morgan fingerprint density at radius 2 is 1.57 bits per heavy atom. The van der Waals surface area contributed by atoms with Crippen molar-refractivity contribution in [1.29, 1.82) is 0 Å². The van der Waals surface area contributed by atoms with E-state index in [1.54, 1.807) is 31.3 Å². The van der Waals surface area contributed by atoms with Gasteiger partial charge in [0.05, 0.1) is 4.90 Å². The van der Waals surface area contributed by atoms with E-state index in [0.717, 1.165) is 5.56 Å². The minimum absolute atomic E-state index is 0.0228. The van der Waals surface area contributed by atoms with E-state index in [2.05, 4.69) is 4.98 Å². The second-order valence-electron chi connectivity index (χ2n) is 6.98. The quantitative estimate of drug-likeness (QED) is 0.480. The number of sulfone groups is 1. The van der Waals surface area contributed by atoms with Gasteiger partial charge in [-0.25, -0.2) is 8.42 Å². The normalized spacial score (nSPS) is 11.5. The van der Waals surface area contributed by atoms with Crippen LogP contribution in [0.2, 0.25) is 5.02 Å². The summed E-state index contributed by atoms with van der Waals surface area (Å²) in [6.45, 7) is 0.357. The number of nitrogens with zero attached hydrogens (tertiary/aromatic N) is 1. The second-order valence-corrected chi connectivity index (χ2v) is 9.30. The van der Waals surface area contributed by atoms with Gasteiger partial charge in [0.2, 0.25) is 9.84 Å². The van der Waals surface area contributed by atoms with Gasteiger partial charge in [-0.1, -0.05) is 60.1 Å². The minimum Gasteiger partial charge on any atom is -0.349 e. The zero-order chi connectivity index (χ0) is 21.3. The van der Waals surface area contributed by atoms with Gasteiger partial charge in [-0.15, -0.1) is 0 Å². The Morgan fingerprint density at radius 1 is 0.933 bits per heavy atom. The van der Waals surface area contributed by atoms with Crippen LogP contribution in [0.15, 0.2) is 88.7 Å². The van der Waals surface area contributed by atoms with Gasteiger partial charge in [0.1, 0.15) is 10.6 Å². The molecule has 1 N–H and O–H groups in total. The molecule has 1 heterocycles. The monoisotopic (exact) mass is 438 g/mol. The smallest absolute Gasteiger partial charge is 0.271 e. The molecule has 0 aliphatic heterocycles. The Balaban J connectivity index is 1.83. The molecular weight excluding hydrogens is 420 g/mol. The summed E-state index contributed by atoms with van der Waals surface area (Å²) in [5.41, 5.74) is 1.58. The fraction of sp³-hybridized carbons (Fsp3) is 0.0870. The number of fused-ring (bicyclic) bond motifs is 1. The van der Waals surface area contributed by atoms with Gasteiger partial charge in [0.25, 0.3) is 5.91 Å². The molecule has 0 spiro atoms. The predicted molar refractivity (Wildman–Crippen MR) is 117 cm³/mol. The zero-order valence-electron chi connectivity index (χ0n) is 16.2. The highest BCUT2D eigenvalue weighted by Crippen LogP contribution is 2.33. The molecule has 5 nitrogen and oxygen atoms in total. The van der Waals surface area contributed by atoms with Crippen LogP contribution in [0.4, 0.5) is 0 Å². The lowest BCUT2D eigenvalue weighted by atomic mass is 10.2. The second kappa shape index (κ2) is 7.97. The molecule has 0 aliphatic rings. The molecule has 4 rings (SSSR count). The van der Waals surface area contributed by atoms with Crippen molar-refractivity contribution in [3.8, 4) is 0 Å². The van der Waals surface area contributed by atoms with E-state index < -0.39 is 15.7 Å². The number of carbonyl (C=O) groups excluding carboxylic acids is 1. The molecule has 1 amide bonds. The van der Waals surface area contributed by atoms with Crippen LogP contribution in [0.25, 0.3) is 10.9 Å². The number of halogens is 1. The number of amides is 1. The van der Waals surface area contributed by atoms with Gasteiger partial charge < -0.3 is 9.88 Å². The van der Waals surface area contributed by atoms with Gasteiger partial charge in [0.15, 0.2) is 0 Å².